The molecule has 12 heteroatoms. The van der Waals surface area contributed by atoms with Crippen LogP contribution >= 0.6 is 11.6 Å². The molecule has 9 nitrogen and oxygen atoms in total. The van der Waals surface area contributed by atoms with E-state index in [0.29, 0.717) is 11.3 Å². The largest absolute Gasteiger partial charge is 0.493 e. The molecule has 3 amide bonds. The van der Waals surface area contributed by atoms with Crippen molar-refractivity contribution < 1.29 is 37.4 Å². The molecule has 3 aromatic carbocycles. The van der Waals surface area contributed by atoms with E-state index in [1.165, 1.54) is 54.5 Å². The monoisotopic (exact) mass is 585 g/mol. The predicted octanol–water partition coefficient (Wildman–Crippen LogP) is 3.73. The molecule has 4 bridgehead atoms. The minimum Gasteiger partial charge on any atom is -0.493 e. The molecule has 2 aliphatic rings. The molecule has 1 saturated heterocycles. The predicted molar refractivity (Wildman–Crippen MR) is 144 cm³/mol. The highest BCUT2D eigenvalue weighted by Crippen LogP contribution is 2.29. The Hall–Kier alpha value is -4.38. The highest BCUT2D eigenvalue weighted by atomic mass is 35.5. The molecule has 0 aromatic heterocycles. The zero-order valence-corrected chi connectivity index (χ0v) is 22.7. The lowest BCUT2D eigenvalue weighted by Crippen LogP contribution is -2.58. The number of hydrogen-bond acceptors (Lipinski definition) is 6. The van der Waals surface area contributed by atoms with Crippen molar-refractivity contribution in [2.75, 3.05) is 26.8 Å². The Morgan fingerprint density at radius 1 is 1.10 bits per heavy atom. The van der Waals surface area contributed by atoms with E-state index in [-0.39, 0.29) is 53.7 Å². The summed E-state index contributed by atoms with van der Waals surface area (Å²) in [7, 11) is 1.43. The maximum absolute atomic E-state index is 14.5. The van der Waals surface area contributed by atoms with Gasteiger partial charge in [0.1, 0.15) is 23.5 Å². The number of nitrogens with one attached hydrogen (secondary N) is 2. The summed E-state index contributed by atoms with van der Waals surface area (Å²) < 4.78 is 46.1. The number of piperidine rings is 1. The molecular weight excluding hydrogens is 560 g/mol. The molecule has 2 aliphatic heterocycles. The first-order valence-electron chi connectivity index (χ1n) is 12.8. The summed E-state index contributed by atoms with van der Waals surface area (Å²) in [6.45, 7) is -0.228. The third kappa shape index (κ3) is 6.51. The average molecular weight is 586 g/mol. The van der Waals surface area contributed by atoms with Crippen molar-refractivity contribution in [3.8, 4) is 17.2 Å². The summed E-state index contributed by atoms with van der Waals surface area (Å²) in [4.78, 5) is 40.3. The van der Waals surface area contributed by atoms with Gasteiger partial charge in [-0.05, 0) is 54.1 Å². The molecular formula is C29H26ClF2N3O6. The molecule has 1 fully saturated rings. The van der Waals surface area contributed by atoms with Crippen LogP contribution in [0.15, 0.2) is 54.6 Å². The summed E-state index contributed by atoms with van der Waals surface area (Å²) in [5.74, 6) is -2.20. The van der Waals surface area contributed by atoms with Crippen LogP contribution in [0.4, 0.5) is 8.78 Å². The van der Waals surface area contributed by atoms with Crippen molar-refractivity contribution in [1.29, 1.82) is 0 Å². The summed E-state index contributed by atoms with van der Waals surface area (Å²) >= 11 is 5.83. The number of halogens is 3. The van der Waals surface area contributed by atoms with E-state index in [2.05, 4.69) is 10.6 Å². The van der Waals surface area contributed by atoms with Gasteiger partial charge in [-0.3, -0.25) is 14.4 Å². The minimum absolute atomic E-state index is 0.00561. The number of ether oxygens (including phenoxy) is 3. The fourth-order valence-corrected chi connectivity index (χ4v) is 4.96. The number of methoxy groups -OCH3 is 1. The maximum Gasteiger partial charge on any atom is 0.258 e. The molecule has 0 saturated carbocycles. The Labute approximate surface area is 239 Å². The third-order valence-electron chi connectivity index (χ3n) is 6.80. The van der Waals surface area contributed by atoms with Crippen molar-refractivity contribution >= 4 is 29.3 Å². The Morgan fingerprint density at radius 2 is 1.93 bits per heavy atom. The summed E-state index contributed by atoms with van der Waals surface area (Å²) in [5, 5.41) is 5.72. The summed E-state index contributed by atoms with van der Waals surface area (Å²) in [6.07, 6.45) is -0.404. The van der Waals surface area contributed by atoms with E-state index < -0.39 is 48.1 Å². The van der Waals surface area contributed by atoms with Gasteiger partial charge in [-0.25, -0.2) is 8.78 Å². The molecule has 2 heterocycles. The molecule has 5 rings (SSSR count). The summed E-state index contributed by atoms with van der Waals surface area (Å²) in [6, 6.07) is 11.6. The number of rotatable bonds is 2. The normalized spacial score (nSPS) is 19.2. The van der Waals surface area contributed by atoms with Crippen LogP contribution in [0, 0.1) is 11.6 Å². The first kappa shape index (κ1) is 28.2. The Kier molecular flexibility index (Phi) is 8.25. The molecule has 41 heavy (non-hydrogen) atoms. The Bertz CT molecular complexity index is 1500. The molecule has 2 N–H and O–H groups in total. The van der Waals surface area contributed by atoms with Gasteiger partial charge in [0.2, 0.25) is 0 Å². The van der Waals surface area contributed by atoms with E-state index in [4.69, 9.17) is 25.8 Å². The van der Waals surface area contributed by atoms with Gasteiger partial charge in [-0.1, -0.05) is 11.6 Å². The van der Waals surface area contributed by atoms with Gasteiger partial charge in [0.05, 0.1) is 18.7 Å². The van der Waals surface area contributed by atoms with Crippen molar-refractivity contribution in [1.82, 2.24) is 15.5 Å². The number of benzene rings is 3. The lowest BCUT2D eigenvalue weighted by molar-refractivity contribution is -0.125. The van der Waals surface area contributed by atoms with Crippen LogP contribution in [-0.4, -0.2) is 61.6 Å². The first-order chi connectivity index (χ1) is 19.7. The zero-order chi connectivity index (χ0) is 29.1. The lowest BCUT2D eigenvalue weighted by atomic mass is 10.00. The lowest BCUT2D eigenvalue weighted by Gasteiger charge is -2.39. The van der Waals surface area contributed by atoms with E-state index in [1.807, 2.05) is 0 Å². The smallest absolute Gasteiger partial charge is 0.258 e. The van der Waals surface area contributed by atoms with Gasteiger partial charge >= 0.3 is 0 Å². The zero-order valence-electron chi connectivity index (χ0n) is 21.9. The minimum atomic E-state index is -0.758. The second kappa shape index (κ2) is 12.0. The van der Waals surface area contributed by atoms with Crippen LogP contribution in [-0.2, 0) is 11.3 Å². The molecule has 0 radical (unpaired) electrons. The second-order valence-electron chi connectivity index (χ2n) is 9.63. The summed E-state index contributed by atoms with van der Waals surface area (Å²) in [5.41, 5.74) is 0.550. The molecule has 0 aliphatic carbocycles. The number of fused-ring (bicyclic) bond motifs is 5. The molecule has 214 valence electrons. The topological polar surface area (TPSA) is 106 Å². The van der Waals surface area contributed by atoms with Gasteiger partial charge in [-0.15, -0.1) is 0 Å². The molecule has 2 atom stereocenters. The molecule has 0 unspecified atom stereocenters. The van der Waals surface area contributed by atoms with Crippen LogP contribution in [0.5, 0.6) is 17.2 Å². The van der Waals surface area contributed by atoms with E-state index in [0.717, 1.165) is 6.07 Å². The van der Waals surface area contributed by atoms with Crippen LogP contribution in [0.25, 0.3) is 0 Å². The fourth-order valence-electron chi connectivity index (χ4n) is 4.80. The van der Waals surface area contributed by atoms with Gasteiger partial charge in [-0.2, -0.15) is 0 Å². The SMILES string of the molecule is COc1ccc2cc1OCC(=O)N[C@@H]1CN(C(=O)c3ccc(Cl)cc3F)CC[C@@H]1Oc1cc(F)cc(c1)CNC2=O. The molecule has 3 aromatic rings. The van der Waals surface area contributed by atoms with Gasteiger partial charge in [0, 0.05) is 42.7 Å². The highest BCUT2D eigenvalue weighted by Gasteiger charge is 2.35. The van der Waals surface area contributed by atoms with E-state index in [9.17, 15) is 23.2 Å². The quantitative estimate of drug-likeness (QED) is 0.475. The van der Waals surface area contributed by atoms with Crippen LogP contribution < -0.4 is 24.8 Å². The van der Waals surface area contributed by atoms with E-state index >= 15 is 0 Å². The van der Waals surface area contributed by atoms with Crippen LogP contribution in [0.3, 0.4) is 0 Å². The third-order valence-corrected chi connectivity index (χ3v) is 7.04. The number of nitrogens with zero attached hydrogens (tertiary/aromatic N) is 1. The average Bonchev–Trinajstić information content (AvgIpc) is 2.94. The standard InChI is InChI=1S/C29H26ClF2N3O6/c1-39-25-5-2-17-10-26(25)40-15-27(36)34-23-14-35(29(38)21-4-3-18(30)11-22(21)32)7-6-24(23)41-20-9-16(8-19(31)12-20)13-33-28(17)37/h2-5,8-12,23-24H,6-7,13-15H2,1H3,(H,33,37)(H,34,36)/t23-,24+/m1/s1. The number of carbonyl (C=O) groups is 3. The number of hydrogen-bond donors (Lipinski definition) is 2. The van der Waals surface area contributed by atoms with E-state index in [1.54, 1.807) is 6.07 Å². The number of carbonyl (C=O) groups excluding carboxylic acids is 3. The van der Waals surface area contributed by atoms with Gasteiger partial charge < -0.3 is 29.7 Å². The van der Waals surface area contributed by atoms with Crippen molar-refractivity contribution in [3.63, 3.8) is 0 Å². The fraction of sp³-hybridized carbons (Fsp3) is 0.276. The van der Waals surface area contributed by atoms with Gasteiger partial charge in [0.25, 0.3) is 17.7 Å². The van der Waals surface area contributed by atoms with Crippen LogP contribution in [0.2, 0.25) is 5.02 Å². The number of amides is 3. The van der Waals surface area contributed by atoms with Crippen molar-refractivity contribution in [2.45, 2.75) is 25.1 Å². The maximum atomic E-state index is 14.5. The Morgan fingerprint density at radius 3 is 2.71 bits per heavy atom. The second-order valence-corrected chi connectivity index (χ2v) is 10.1. The van der Waals surface area contributed by atoms with Crippen LogP contribution in [0.1, 0.15) is 32.7 Å². The van der Waals surface area contributed by atoms with Crippen molar-refractivity contribution in [2.24, 2.45) is 0 Å². The number of likely N-dealkylation sites (tertiary alicyclic amines) is 1. The van der Waals surface area contributed by atoms with Crippen molar-refractivity contribution in [3.05, 3.63) is 87.9 Å². The molecule has 0 spiro atoms. The Balaban J connectivity index is 1.44. The van der Waals surface area contributed by atoms with Gasteiger partial charge in [0.15, 0.2) is 18.1 Å². The first-order valence-corrected chi connectivity index (χ1v) is 13.2. The highest BCUT2D eigenvalue weighted by molar-refractivity contribution is 6.30.